The van der Waals surface area contributed by atoms with E-state index in [0.717, 1.165) is 0 Å². The first-order valence-corrected chi connectivity index (χ1v) is 9.48. The molecule has 150 valence electrons. The number of carbonyl (C=O) groups excluding carboxylic acids is 1. The largest absolute Gasteiger partial charge is 0.490 e. The number of benzene rings is 1. The molecule has 0 aliphatic carbocycles. The Morgan fingerprint density at radius 1 is 1.21 bits per heavy atom. The van der Waals surface area contributed by atoms with Gasteiger partial charge in [0, 0.05) is 0 Å². The summed E-state index contributed by atoms with van der Waals surface area (Å²) in [5.74, 6) is -0.373. The van der Waals surface area contributed by atoms with Crippen LogP contribution < -0.4 is 15.2 Å². The highest BCUT2D eigenvalue weighted by Crippen LogP contribution is 2.42. The topological polar surface area (TPSA) is 104 Å². The second-order valence-corrected chi connectivity index (χ2v) is 5.96. The number of nitriles is 1. The van der Waals surface area contributed by atoms with Crippen molar-refractivity contribution < 1.29 is 23.7 Å². The van der Waals surface area contributed by atoms with Crippen molar-refractivity contribution in [3.63, 3.8) is 0 Å². The Balaban J connectivity index is 2.66. The number of esters is 1. The van der Waals surface area contributed by atoms with Crippen LogP contribution in [0.15, 0.2) is 41.0 Å². The average Bonchev–Trinajstić information content (AvgIpc) is 2.68. The zero-order valence-electron chi connectivity index (χ0n) is 16.1. The average molecular weight is 407 g/mol. The summed E-state index contributed by atoms with van der Waals surface area (Å²) in [6.45, 7) is 6.47. The lowest BCUT2D eigenvalue weighted by Crippen LogP contribution is -2.26. The van der Waals surface area contributed by atoms with Crippen molar-refractivity contribution in [3.8, 4) is 17.6 Å². The maximum atomic E-state index is 12.7. The highest BCUT2D eigenvalue weighted by molar-refractivity contribution is 6.19. The highest BCUT2D eigenvalue weighted by atomic mass is 35.5. The standard InChI is InChI=1S/C20H23ClN2O5/c1-4-25-14-8-7-12(9-15(14)26-5-2)17-13(11-22)19(23)28-16(10-21)18(17)20(24)27-6-3/h7-9,17H,4-6,10,23H2,1-3H3/t17-/m1/s1. The van der Waals surface area contributed by atoms with Gasteiger partial charge in [-0.25, -0.2) is 4.79 Å². The Morgan fingerprint density at radius 3 is 2.46 bits per heavy atom. The minimum absolute atomic E-state index is 0.0944. The molecule has 1 atom stereocenters. The predicted octanol–water partition coefficient (Wildman–Crippen LogP) is 3.35. The molecule has 1 aromatic carbocycles. The van der Waals surface area contributed by atoms with E-state index in [1.54, 1.807) is 25.1 Å². The van der Waals surface area contributed by atoms with Crippen LogP contribution in [0.3, 0.4) is 0 Å². The third kappa shape index (κ3) is 4.34. The van der Waals surface area contributed by atoms with Crippen LogP contribution in [0.2, 0.25) is 0 Å². The van der Waals surface area contributed by atoms with E-state index < -0.39 is 11.9 Å². The summed E-state index contributed by atoms with van der Waals surface area (Å²) in [6, 6.07) is 7.24. The molecule has 8 heteroatoms. The summed E-state index contributed by atoms with van der Waals surface area (Å²) in [6.07, 6.45) is 0. The van der Waals surface area contributed by atoms with Gasteiger partial charge in [-0.1, -0.05) is 6.07 Å². The Labute approximate surface area is 169 Å². The zero-order chi connectivity index (χ0) is 20.7. The van der Waals surface area contributed by atoms with Crippen molar-refractivity contribution in [1.82, 2.24) is 0 Å². The summed E-state index contributed by atoms with van der Waals surface area (Å²) in [5, 5.41) is 9.66. The number of hydrogen-bond donors (Lipinski definition) is 1. The van der Waals surface area contributed by atoms with Crippen LogP contribution in [0.4, 0.5) is 0 Å². The maximum absolute atomic E-state index is 12.7. The number of nitrogens with zero attached hydrogens (tertiary/aromatic N) is 1. The van der Waals surface area contributed by atoms with Gasteiger partial charge in [0.2, 0.25) is 5.88 Å². The number of carbonyl (C=O) groups is 1. The Bertz CT molecular complexity index is 841. The normalized spacial score (nSPS) is 16.3. The number of alkyl halides is 1. The lowest BCUT2D eigenvalue weighted by molar-refractivity contribution is -0.139. The summed E-state index contributed by atoms with van der Waals surface area (Å²) in [5.41, 5.74) is 6.79. The van der Waals surface area contributed by atoms with E-state index in [1.807, 2.05) is 19.9 Å². The Kier molecular flexibility index (Phi) is 7.59. The Hall–Kier alpha value is -2.85. The molecule has 0 saturated heterocycles. The number of rotatable bonds is 8. The van der Waals surface area contributed by atoms with Crippen LogP contribution in [0.25, 0.3) is 0 Å². The SMILES string of the molecule is CCOC(=O)C1=C(CCl)OC(N)=C(C#N)[C@H]1c1ccc(OCC)c(OCC)c1. The van der Waals surface area contributed by atoms with Gasteiger partial charge in [0.05, 0.1) is 37.2 Å². The van der Waals surface area contributed by atoms with Crippen LogP contribution in [-0.4, -0.2) is 31.7 Å². The first-order chi connectivity index (χ1) is 13.5. The van der Waals surface area contributed by atoms with Crippen molar-refractivity contribution in [2.24, 2.45) is 5.73 Å². The van der Waals surface area contributed by atoms with E-state index in [4.69, 9.17) is 36.3 Å². The molecule has 2 N–H and O–H groups in total. The van der Waals surface area contributed by atoms with Gasteiger partial charge in [0.1, 0.15) is 17.4 Å². The molecule has 1 aromatic rings. The summed E-state index contributed by atoms with van der Waals surface area (Å²) >= 11 is 5.98. The molecule has 7 nitrogen and oxygen atoms in total. The molecular weight excluding hydrogens is 384 g/mol. The fourth-order valence-corrected chi connectivity index (χ4v) is 3.13. The minimum Gasteiger partial charge on any atom is -0.490 e. The van der Waals surface area contributed by atoms with Crippen molar-refractivity contribution in [2.75, 3.05) is 25.7 Å². The van der Waals surface area contributed by atoms with E-state index in [2.05, 4.69) is 0 Å². The number of halogens is 1. The molecule has 28 heavy (non-hydrogen) atoms. The van der Waals surface area contributed by atoms with E-state index in [-0.39, 0.29) is 35.3 Å². The monoisotopic (exact) mass is 406 g/mol. The van der Waals surface area contributed by atoms with Crippen LogP contribution >= 0.6 is 11.6 Å². The van der Waals surface area contributed by atoms with E-state index >= 15 is 0 Å². The Morgan fingerprint density at radius 2 is 1.89 bits per heavy atom. The molecule has 0 bridgehead atoms. The molecule has 2 rings (SSSR count). The van der Waals surface area contributed by atoms with Crippen molar-refractivity contribution in [3.05, 3.63) is 46.6 Å². The quantitative estimate of drug-likeness (QED) is 0.521. The number of nitrogens with two attached hydrogens (primary N) is 1. The fourth-order valence-electron chi connectivity index (χ4n) is 2.93. The van der Waals surface area contributed by atoms with Gasteiger partial charge in [-0.2, -0.15) is 5.26 Å². The van der Waals surface area contributed by atoms with Gasteiger partial charge in [0.15, 0.2) is 11.5 Å². The van der Waals surface area contributed by atoms with Gasteiger partial charge in [0.25, 0.3) is 0 Å². The maximum Gasteiger partial charge on any atom is 0.338 e. The molecule has 0 radical (unpaired) electrons. The number of ether oxygens (including phenoxy) is 4. The van der Waals surface area contributed by atoms with E-state index in [1.165, 1.54) is 0 Å². The van der Waals surface area contributed by atoms with E-state index in [9.17, 15) is 10.1 Å². The van der Waals surface area contributed by atoms with Crippen LogP contribution in [-0.2, 0) is 14.3 Å². The fraction of sp³-hybridized carbons (Fsp3) is 0.400. The van der Waals surface area contributed by atoms with Crippen LogP contribution in [0.5, 0.6) is 11.5 Å². The number of hydrogen-bond acceptors (Lipinski definition) is 7. The molecule has 0 saturated carbocycles. The lowest BCUT2D eigenvalue weighted by Gasteiger charge is -2.28. The van der Waals surface area contributed by atoms with Gasteiger partial charge >= 0.3 is 5.97 Å². The summed E-state index contributed by atoms with van der Waals surface area (Å²) in [7, 11) is 0. The smallest absolute Gasteiger partial charge is 0.338 e. The predicted molar refractivity (Wildman–Crippen MR) is 104 cm³/mol. The zero-order valence-corrected chi connectivity index (χ0v) is 16.8. The van der Waals surface area contributed by atoms with E-state index in [0.29, 0.717) is 30.3 Å². The number of allylic oxidation sites excluding steroid dienone is 2. The van der Waals surface area contributed by atoms with Crippen LogP contribution in [0.1, 0.15) is 32.3 Å². The van der Waals surface area contributed by atoms with Gasteiger partial charge in [-0.05, 0) is 38.5 Å². The van der Waals surface area contributed by atoms with Crippen molar-refractivity contribution in [2.45, 2.75) is 26.7 Å². The molecule has 0 unspecified atom stereocenters. The molecule has 1 aliphatic rings. The van der Waals surface area contributed by atoms with Gasteiger partial charge < -0.3 is 24.7 Å². The van der Waals surface area contributed by atoms with Gasteiger partial charge in [-0.3, -0.25) is 0 Å². The highest BCUT2D eigenvalue weighted by Gasteiger charge is 2.37. The molecule has 0 amide bonds. The summed E-state index contributed by atoms with van der Waals surface area (Å²) in [4.78, 5) is 12.7. The molecule has 1 heterocycles. The third-order valence-corrected chi connectivity index (χ3v) is 4.26. The van der Waals surface area contributed by atoms with Crippen molar-refractivity contribution >= 4 is 17.6 Å². The van der Waals surface area contributed by atoms with Gasteiger partial charge in [-0.15, -0.1) is 11.6 Å². The molecule has 1 aliphatic heterocycles. The molecule has 0 spiro atoms. The van der Waals surface area contributed by atoms with Crippen molar-refractivity contribution in [1.29, 1.82) is 5.26 Å². The molecule has 0 fully saturated rings. The second-order valence-electron chi connectivity index (χ2n) is 5.69. The molecular formula is C20H23ClN2O5. The lowest BCUT2D eigenvalue weighted by atomic mass is 9.83. The minimum atomic E-state index is -0.790. The summed E-state index contributed by atoms with van der Waals surface area (Å²) < 4.78 is 21.9. The first kappa shape index (κ1) is 21.5. The molecule has 0 aromatic heterocycles. The second kappa shape index (κ2) is 9.90. The van der Waals surface area contributed by atoms with Crippen LogP contribution in [0, 0.1) is 11.3 Å². The first-order valence-electron chi connectivity index (χ1n) is 8.95. The third-order valence-electron chi connectivity index (χ3n) is 4.01.